The number of carbonyl (C=O) groups is 2. The van der Waals surface area contributed by atoms with Gasteiger partial charge in [0.15, 0.2) is 0 Å². The molecule has 6 nitrogen and oxygen atoms in total. The lowest BCUT2D eigenvalue weighted by atomic mass is 9.82. The molecule has 2 saturated heterocycles. The minimum absolute atomic E-state index is 0.0368. The topological polar surface area (TPSA) is 69.9 Å². The van der Waals surface area contributed by atoms with Crippen molar-refractivity contribution in [1.29, 1.82) is 0 Å². The fourth-order valence-corrected chi connectivity index (χ4v) is 246. The van der Waals surface area contributed by atoms with E-state index in [-0.39, 0.29) is 35.4 Å². The van der Waals surface area contributed by atoms with Crippen LogP contribution in [0.25, 0.3) is 0 Å². The molecule has 2 aliphatic rings. The van der Waals surface area contributed by atoms with E-state index in [1.807, 2.05) is 690 Å². The van der Waals surface area contributed by atoms with E-state index in [2.05, 4.69) is 54.8 Å². The second kappa shape index (κ2) is 110. The molecule has 128 heavy (non-hydrogen) atoms. The maximum atomic E-state index is 13.6. The molecule has 99 heteroatoms. The Morgan fingerprint density at radius 2 is 0.469 bits per heavy atom. The molecule has 0 spiro atoms. The average molecular weight is 3460 g/mol. The van der Waals surface area contributed by atoms with Gasteiger partial charge in [-0.1, -0.05) is 68.2 Å². The van der Waals surface area contributed by atoms with Gasteiger partial charge in [-0.05, 0) is 59.6 Å². The first-order valence-electron chi connectivity index (χ1n) is 28.1. The van der Waals surface area contributed by atoms with E-state index in [9.17, 15) is 9.59 Å². The first-order valence-corrected chi connectivity index (χ1v) is 149. The summed E-state index contributed by atoms with van der Waals surface area (Å²) in [6, 6.07) is 15.8. The molecule has 2 aromatic rings. The molecular weight excluding hydrogens is 3430 g/mol. The summed E-state index contributed by atoms with van der Waals surface area (Å²) in [5, 5.41) is 1.42. The van der Waals surface area contributed by atoms with Crippen LogP contribution in [0.2, 0.25) is 10.0 Å². The number of benzene rings is 2. The molecule has 0 bridgehead atoms. The Balaban J connectivity index is 0.000000933. The highest BCUT2D eigenvalue weighted by molar-refractivity contribution is 8.86. The van der Waals surface area contributed by atoms with Gasteiger partial charge in [0, 0.05) is 868 Å². The lowest BCUT2D eigenvalue weighted by Gasteiger charge is -2.50. The van der Waals surface area contributed by atoms with Gasteiger partial charge >= 0.3 is 6.03 Å². The summed E-state index contributed by atoms with van der Waals surface area (Å²) in [4.78, 5) is 31.3. The number of primary amides is 1. The number of carbonyl (C=O) groups excluding carboxylic acids is 2. The first kappa shape index (κ1) is 140. The van der Waals surface area contributed by atoms with Crippen LogP contribution in [0.5, 0.6) is 0 Å². The zero-order chi connectivity index (χ0) is 91.7. The van der Waals surface area contributed by atoms with Crippen molar-refractivity contribution in [3.63, 3.8) is 0 Å². The maximum Gasteiger partial charge on any atom is 0.314 e. The molecule has 2 aromatic carbocycles. The largest absolute Gasteiger partial charge is 0.351 e. The fourth-order valence-electron chi connectivity index (χ4n) is 6.69. The van der Waals surface area contributed by atoms with Gasteiger partial charge in [-0.2, -0.15) is 0 Å². The second-order valence-corrected chi connectivity index (χ2v) is 176. The zero-order valence-electron chi connectivity index (χ0n) is 59.1. The van der Waals surface area contributed by atoms with Crippen molar-refractivity contribution in [3.05, 3.63) is 69.7 Å². The van der Waals surface area contributed by atoms with Crippen molar-refractivity contribution in [2.24, 2.45) is 17.1 Å². The van der Waals surface area contributed by atoms with E-state index < -0.39 is 0 Å². The fraction of sp³-hybridized carbons (Fsp3) is 0.517. The number of halogens is 2. The molecule has 0 unspecified atom stereocenters. The van der Waals surface area contributed by atoms with Crippen LogP contribution in [0.4, 0.5) is 4.79 Å². The normalized spacial score (nSPS) is 11.3. The molecule has 0 saturated carbocycles. The third-order valence-corrected chi connectivity index (χ3v) is 206. The average Bonchev–Trinajstić information content (AvgIpc) is 0.778. The summed E-state index contributed by atoms with van der Waals surface area (Å²) >= 11 is 22.1. The van der Waals surface area contributed by atoms with Crippen molar-refractivity contribution in [2.75, 3.05) is 32.7 Å². The number of likely N-dealkylation sites (tertiary alicyclic amines) is 1. The van der Waals surface area contributed by atoms with Gasteiger partial charge in [-0.3, -0.25) is 9.69 Å². The van der Waals surface area contributed by atoms with Crippen molar-refractivity contribution < 1.29 is 9.59 Å². The van der Waals surface area contributed by atoms with E-state index in [1.54, 1.807) is 111 Å². The molecule has 2 heterocycles. The SMILES string of the molecule is CC(C)(C)[C@H]1CN(C(c2ccc(Cl)cc2)c2ccc(Cl)cc2)CCN1C(=O)CC1CCN(C(N)=O)CC1.S=S=S=S=S=S=S=S=S=S=S=S=S=S=S=S=S=S=S=S=S=S=S=S=S=S=S=S=S=S=S=S=S=S=S=S=S=S=S=S=S=S=S=S=S=S=S=S=S=S=S=S=S=S=S=S=S=S=S=S=S=S=S=S=S=S=S=S=S=S=S=S=S=S=S=S=S=S=S=S=S=S=S=S=S=S=S=S=S=S=S. The molecule has 746 valence electrons. The van der Waals surface area contributed by atoms with Gasteiger partial charge < -0.3 is 15.5 Å². The molecule has 2 aliphatic heterocycles. The van der Waals surface area contributed by atoms with Crippen molar-refractivity contribution >= 4 is 848 Å². The Bertz CT molecular complexity index is 8530. The van der Waals surface area contributed by atoms with Crippen molar-refractivity contribution in [2.45, 2.75) is 52.1 Å². The molecule has 2 N–H and O–H groups in total. The Morgan fingerprint density at radius 3 is 0.625 bits per heavy atom. The van der Waals surface area contributed by atoms with Gasteiger partial charge in [-0.15, -0.1) is 0 Å². The first-order chi connectivity index (χ1) is 62.9. The van der Waals surface area contributed by atoms with Gasteiger partial charge in [0.1, 0.15) is 0 Å². The van der Waals surface area contributed by atoms with Crippen LogP contribution in [0.3, 0.4) is 0 Å². The van der Waals surface area contributed by atoms with E-state index in [0.29, 0.717) is 36.1 Å². The van der Waals surface area contributed by atoms with Crippen LogP contribution in [0.1, 0.15) is 57.2 Å². The van der Waals surface area contributed by atoms with Gasteiger partial charge in [0.2, 0.25) is 5.91 Å². The van der Waals surface area contributed by atoms with E-state index in [4.69, 9.17) is 51.3 Å². The van der Waals surface area contributed by atoms with Crippen molar-refractivity contribution in [3.8, 4) is 0 Å². The quantitative estimate of drug-likeness (QED) is 0.423. The number of rotatable bonds is 5. The summed E-state index contributed by atoms with van der Waals surface area (Å²) in [5.74, 6) is 0.504. The lowest BCUT2D eigenvalue weighted by Crippen LogP contribution is -2.60. The summed E-state index contributed by atoms with van der Waals surface area (Å²) in [6.07, 6.45) is 2.17. The van der Waals surface area contributed by atoms with Crippen LogP contribution in [0.15, 0.2) is 48.5 Å². The predicted octanol–water partition coefficient (Wildman–Crippen LogP) is 5.60. The summed E-state index contributed by atoms with van der Waals surface area (Å²) in [6.45, 7) is 10.1. The smallest absolute Gasteiger partial charge is 0.314 e. The van der Waals surface area contributed by atoms with Crippen LogP contribution in [-0.4, -0.2) is 65.4 Å². The Morgan fingerprint density at radius 1 is 0.297 bits per heavy atom. The van der Waals surface area contributed by atoms with Crippen LogP contribution in [-0.2, 0) is 818 Å². The lowest BCUT2D eigenvalue weighted by molar-refractivity contribution is -0.141. The Labute approximate surface area is 1020 Å². The highest BCUT2D eigenvalue weighted by atomic mass is 35.5. The Hall–Kier alpha value is 17.7. The number of piperidine rings is 1. The second-order valence-electron chi connectivity index (χ2n) is 17.5. The monoisotopic (exact) mass is 3450 g/mol. The number of hydrogen-bond acceptors (Lipinski definition) is 5. The number of urea groups is 1. The number of nitrogens with zero attached hydrogens (tertiary/aromatic N) is 3. The minimum Gasteiger partial charge on any atom is -0.351 e. The molecule has 0 aromatic heterocycles. The van der Waals surface area contributed by atoms with Gasteiger partial charge in [0.25, 0.3) is 0 Å². The van der Waals surface area contributed by atoms with Gasteiger partial charge in [-0.25, -0.2) is 4.79 Å². The maximum absolute atomic E-state index is 13.6. The van der Waals surface area contributed by atoms with Crippen LogP contribution in [0, 0.1) is 11.3 Å². The number of piperazine rings is 1. The zero-order valence-corrected chi connectivity index (χ0v) is 135. The number of hydrogen-bond donors (Lipinski definition) is 1. The molecule has 1 atom stereocenters. The molecule has 2 fully saturated rings. The molecule has 0 aliphatic carbocycles. The molecule has 3 amide bonds. The molecule has 0 radical (unpaired) electrons. The van der Waals surface area contributed by atoms with E-state index in [0.717, 1.165) is 25.9 Å². The van der Waals surface area contributed by atoms with Crippen LogP contribution >= 0.6 is 23.2 Å². The molecular formula is C29H38Cl2N4O2S91. The highest BCUT2D eigenvalue weighted by Crippen LogP contribution is 2.37. The van der Waals surface area contributed by atoms with E-state index >= 15 is 0 Å². The minimum atomic E-state index is -0.371. The summed E-state index contributed by atoms with van der Waals surface area (Å²) < 4.78 is 0. The predicted molar refractivity (Wildman–Crippen MR) is 820 cm³/mol. The summed E-state index contributed by atoms with van der Waals surface area (Å²) in [5.41, 5.74) is 7.67. The number of amides is 3. The third-order valence-electron chi connectivity index (χ3n) is 10.3. The summed E-state index contributed by atoms with van der Waals surface area (Å²) in [7, 11) is 161. The standard InChI is InChI=1S/C29H38Cl2N4O2.S91/c1-29(2,3)25-19-34(16-17-35(25)26(36)18-20-12-14-33(15-13-20)28(32)37)27(21-4-8-23(30)9-5-21)22-6-10-24(31)11-7-22;1-3-5-7-9-11-13-15-17-19-21-23-25-27-29-31-33-35-37-39-41-43-45-47-49-51-53-55-57-59-61-63-65-67-69-71-73-75-77-79-81-83-85-87-89-91-90-88-86-84-82-80-78-76-74-72-70-68-66-64-62-60-58-56-54-52-50-48-46-44-42-40-38-36-34-32-30-28-26-24-22-20-18-16-14-12-10-8-6-4-2/h4-11,20,25,27H,12-19H2,1-3H3,(H2,32,37);/t25-;/m1./s1. The molecule has 4 rings (SSSR count). The highest BCUT2D eigenvalue weighted by Gasteiger charge is 2.41. The van der Waals surface area contributed by atoms with E-state index in [1.165, 1.54) is 28.9 Å². The number of nitrogens with two attached hydrogens (primary N) is 1. The van der Waals surface area contributed by atoms with Gasteiger partial charge in [0.05, 0.1) is 6.04 Å². The third kappa shape index (κ3) is 91.7. The van der Waals surface area contributed by atoms with Crippen molar-refractivity contribution in [1.82, 2.24) is 14.7 Å². The Kier molecular flexibility index (Phi) is 120. The van der Waals surface area contributed by atoms with Crippen LogP contribution < -0.4 is 5.73 Å².